The monoisotopic (exact) mass is 371 g/mol. The Morgan fingerprint density at radius 2 is 2.08 bits per heavy atom. The zero-order valence-corrected chi connectivity index (χ0v) is 14.8. The number of rotatable bonds is 5. The molecule has 4 unspecified atom stereocenters. The fraction of sp³-hybridized carbons (Fsp3) is 0.529. The van der Waals surface area contributed by atoms with Gasteiger partial charge in [0.25, 0.3) is 0 Å². The Bertz CT molecular complexity index is 666. The molecule has 24 heavy (non-hydrogen) atoms. The molecule has 1 aromatic rings. The highest BCUT2D eigenvalue weighted by molar-refractivity contribution is 6.35. The summed E-state index contributed by atoms with van der Waals surface area (Å²) in [5.74, 6) is -0.968. The third-order valence-corrected chi connectivity index (χ3v) is 5.43. The van der Waals surface area contributed by atoms with Crippen LogP contribution in [0.3, 0.4) is 0 Å². The number of benzene rings is 1. The van der Waals surface area contributed by atoms with Gasteiger partial charge in [0.1, 0.15) is 0 Å². The van der Waals surface area contributed by atoms with E-state index in [2.05, 4.69) is 0 Å². The van der Waals surface area contributed by atoms with Crippen LogP contribution in [0.1, 0.15) is 30.7 Å². The van der Waals surface area contributed by atoms with Crippen molar-refractivity contribution in [2.75, 3.05) is 13.7 Å². The number of carbonyl (C=O) groups is 2. The summed E-state index contributed by atoms with van der Waals surface area (Å²) in [6.07, 6.45) is 1.14. The van der Waals surface area contributed by atoms with E-state index in [1.165, 1.54) is 0 Å². The number of hydrogen-bond acceptors (Lipinski definition) is 3. The maximum absolute atomic E-state index is 12.8. The van der Waals surface area contributed by atoms with E-state index in [0.717, 1.165) is 12.0 Å². The molecule has 1 heterocycles. The predicted molar refractivity (Wildman–Crippen MR) is 90.5 cm³/mol. The molecule has 1 amide bonds. The van der Waals surface area contributed by atoms with Crippen molar-refractivity contribution in [3.8, 4) is 0 Å². The number of likely N-dealkylation sites (tertiary alicyclic amines) is 1. The van der Waals surface area contributed by atoms with Gasteiger partial charge in [-0.25, -0.2) is 0 Å². The second-order valence-electron chi connectivity index (χ2n) is 6.45. The number of ether oxygens (including phenoxy) is 1. The molecule has 0 aromatic heterocycles. The van der Waals surface area contributed by atoms with Gasteiger partial charge in [-0.2, -0.15) is 0 Å². The van der Waals surface area contributed by atoms with Gasteiger partial charge in [0.2, 0.25) is 5.91 Å². The number of carboxylic acids is 1. The van der Waals surface area contributed by atoms with Gasteiger partial charge in [0.05, 0.1) is 12.5 Å². The van der Waals surface area contributed by atoms with Gasteiger partial charge in [-0.1, -0.05) is 29.3 Å². The fourth-order valence-electron chi connectivity index (χ4n) is 3.54. The van der Waals surface area contributed by atoms with Crippen LogP contribution in [0.2, 0.25) is 10.0 Å². The van der Waals surface area contributed by atoms with Gasteiger partial charge in [0.15, 0.2) is 0 Å². The van der Waals surface area contributed by atoms with Crippen LogP contribution in [0, 0.1) is 5.92 Å². The second-order valence-corrected chi connectivity index (χ2v) is 7.29. The Balaban J connectivity index is 1.71. The lowest BCUT2D eigenvalue weighted by Crippen LogP contribution is -2.38. The highest BCUT2D eigenvalue weighted by atomic mass is 35.5. The average Bonchev–Trinajstić information content (AvgIpc) is 3.20. The molecule has 130 valence electrons. The van der Waals surface area contributed by atoms with Crippen LogP contribution in [0.4, 0.5) is 0 Å². The van der Waals surface area contributed by atoms with Gasteiger partial charge in [-0.15, -0.1) is 0 Å². The summed E-state index contributed by atoms with van der Waals surface area (Å²) < 4.78 is 5.32. The molecule has 1 saturated heterocycles. The van der Waals surface area contributed by atoms with Crippen molar-refractivity contribution >= 4 is 35.1 Å². The number of nitrogens with zero attached hydrogens (tertiary/aromatic N) is 1. The SMILES string of the molecule is COC1CC(CC(=O)O)N(C(=O)C2CC2c2ccc(Cl)cc2Cl)C1. The highest BCUT2D eigenvalue weighted by Crippen LogP contribution is 2.51. The predicted octanol–water partition coefficient (Wildman–Crippen LogP) is 3.19. The lowest BCUT2D eigenvalue weighted by Gasteiger charge is -2.23. The maximum Gasteiger partial charge on any atom is 0.305 e. The molecule has 1 saturated carbocycles. The van der Waals surface area contributed by atoms with Gasteiger partial charge < -0.3 is 14.7 Å². The smallest absolute Gasteiger partial charge is 0.305 e. The summed E-state index contributed by atoms with van der Waals surface area (Å²) in [4.78, 5) is 25.6. The van der Waals surface area contributed by atoms with Crippen LogP contribution in [0.15, 0.2) is 18.2 Å². The molecule has 1 N–H and O–H groups in total. The number of hydrogen-bond donors (Lipinski definition) is 1. The minimum Gasteiger partial charge on any atom is -0.481 e. The lowest BCUT2D eigenvalue weighted by atomic mass is 10.1. The molecule has 1 aliphatic carbocycles. The topological polar surface area (TPSA) is 66.8 Å². The standard InChI is InChI=1S/C17H19Cl2NO4/c1-24-11-5-10(6-16(21)22)20(8-11)17(23)14-7-13(14)12-3-2-9(18)4-15(12)19/h2-4,10-11,13-14H,5-8H2,1H3,(H,21,22). The molecule has 4 atom stereocenters. The average molecular weight is 372 g/mol. The Kier molecular flexibility index (Phi) is 5.04. The summed E-state index contributed by atoms with van der Waals surface area (Å²) in [6.45, 7) is 0.449. The largest absolute Gasteiger partial charge is 0.481 e. The summed E-state index contributed by atoms with van der Waals surface area (Å²) in [6, 6.07) is 5.01. The number of aliphatic carboxylic acids is 1. The van der Waals surface area contributed by atoms with Gasteiger partial charge in [-0.05, 0) is 36.5 Å². The Labute approximate surface area is 150 Å². The van der Waals surface area contributed by atoms with Crippen LogP contribution < -0.4 is 0 Å². The third-order valence-electron chi connectivity index (χ3n) is 4.87. The Hall–Kier alpha value is -1.30. The molecule has 3 rings (SSSR count). The molecule has 0 bridgehead atoms. The molecule has 0 radical (unpaired) electrons. The van der Waals surface area contributed by atoms with Crippen molar-refractivity contribution in [1.29, 1.82) is 0 Å². The van der Waals surface area contributed by atoms with Gasteiger partial charge in [0, 0.05) is 35.7 Å². The first-order chi connectivity index (χ1) is 11.4. The Morgan fingerprint density at radius 1 is 1.33 bits per heavy atom. The number of carboxylic acid groups (broad SMARTS) is 1. The molecule has 5 nitrogen and oxygen atoms in total. The number of halogens is 2. The van der Waals surface area contributed by atoms with E-state index in [9.17, 15) is 9.59 Å². The molecule has 0 spiro atoms. The van der Waals surface area contributed by atoms with Crippen LogP contribution in [-0.2, 0) is 14.3 Å². The molecule has 2 aliphatic rings. The van der Waals surface area contributed by atoms with Crippen LogP contribution in [0.25, 0.3) is 0 Å². The van der Waals surface area contributed by atoms with Crippen molar-refractivity contribution in [2.24, 2.45) is 5.92 Å². The second kappa shape index (κ2) is 6.90. The van der Waals surface area contributed by atoms with Crippen molar-refractivity contribution < 1.29 is 19.4 Å². The number of carbonyl (C=O) groups excluding carboxylic acids is 1. The summed E-state index contributed by atoms with van der Waals surface area (Å²) in [7, 11) is 1.59. The maximum atomic E-state index is 12.8. The van der Waals surface area contributed by atoms with Crippen LogP contribution in [-0.4, -0.2) is 47.7 Å². The molecule has 1 aromatic carbocycles. The summed E-state index contributed by atoms with van der Waals surface area (Å²) in [5, 5.41) is 10.2. The molecule has 1 aliphatic heterocycles. The first-order valence-corrected chi connectivity index (χ1v) is 8.66. The van der Waals surface area contributed by atoms with E-state index in [0.29, 0.717) is 23.0 Å². The van der Waals surface area contributed by atoms with E-state index < -0.39 is 5.97 Å². The van der Waals surface area contributed by atoms with Crippen molar-refractivity contribution in [1.82, 2.24) is 4.90 Å². The lowest BCUT2D eigenvalue weighted by molar-refractivity contribution is -0.140. The van der Waals surface area contributed by atoms with Crippen molar-refractivity contribution in [3.63, 3.8) is 0 Å². The first kappa shape index (κ1) is 17.5. The van der Waals surface area contributed by atoms with E-state index in [1.54, 1.807) is 24.1 Å². The molecule has 2 fully saturated rings. The minimum atomic E-state index is -0.900. The molecule has 7 heteroatoms. The fourth-order valence-corrected chi connectivity index (χ4v) is 4.08. The van der Waals surface area contributed by atoms with E-state index in [4.69, 9.17) is 33.0 Å². The zero-order valence-electron chi connectivity index (χ0n) is 13.2. The van der Waals surface area contributed by atoms with E-state index in [1.807, 2.05) is 6.07 Å². The van der Waals surface area contributed by atoms with Gasteiger partial charge >= 0.3 is 5.97 Å². The quantitative estimate of drug-likeness (QED) is 0.862. The molecular weight excluding hydrogens is 353 g/mol. The summed E-state index contributed by atoms with van der Waals surface area (Å²) >= 11 is 12.1. The zero-order chi connectivity index (χ0) is 17.4. The molecular formula is C17H19Cl2NO4. The number of amides is 1. The van der Waals surface area contributed by atoms with Crippen molar-refractivity contribution in [3.05, 3.63) is 33.8 Å². The van der Waals surface area contributed by atoms with E-state index >= 15 is 0 Å². The van der Waals surface area contributed by atoms with E-state index in [-0.39, 0.29) is 36.3 Å². The van der Waals surface area contributed by atoms with Gasteiger partial charge in [-0.3, -0.25) is 9.59 Å². The highest BCUT2D eigenvalue weighted by Gasteiger charge is 2.49. The normalized spacial score (nSPS) is 28.9. The minimum absolute atomic E-state index is 0.00295. The van der Waals surface area contributed by atoms with Crippen LogP contribution in [0.5, 0.6) is 0 Å². The van der Waals surface area contributed by atoms with Crippen LogP contribution >= 0.6 is 23.2 Å². The first-order valence-electron chi connectivity index (χ1n) is 7.90. The Morgan fingerprint density at radius 3 is 2.71 bits per heavy atom. The van der Waals surface area contributed by atoms with Crippen molar-refractivity contribution in [2.45, 2.75) is 37.3 Å². The third kappa shape index (κ3) is 3.53. The number of methoxy groups -OCH3 is 1. The summed E-state index contributed by atoms with van der Waals surface area (Å²) in [5.41, 5.74) is 0.927.